The predicted octanol–water partition coefficient (Wildman–Crippen LogP) is 1.62. The summed E-state index contributed by atoms with van der Waals surface area (Å²) in [5.74, 6) is -0.419. The van der Waals surface area contributed by atoms with E-state index in [0.29, 0.717) is 5.57 Å². The van der Waals surface area contributed by atoms with E-state index in [1.54, 1.807) is 6.92 Å². The van der Waals surface area contributed by atoms with Gasteiger partial charge in [-0.2, -0.15) is 0 Å². The van der Waals surface area contributed by atoms with Crippen LogP contribution in [0.1, 0.15) is 6.92 Å². The number of hydrogen-bond donors (Lipinski definition) is 0. The lowest BCUT2D eigenvalue weighted by molar-refractivity contribution is -0.135. The molecule has 0 fully saturated rings. The van der Waals surface area contributed by atoms with Gasteiger partial charge in [0.15, 0.2) is 0 Å². The first-order chi connectivity index (χ1) is 7.13. The highest BCUT2D eigenvalue weighted by Gasteiger charge is 2.23. The van der Waals surface area contributed by atoms with E-state index in [-0.39, 0.29) is 11.8 Å². The summed E-state index contributed by atoms with van der Waals surface area (Å²) in [7, 11) is 1.47. The molecule has 0 saturated carbocycles. The van der Waals surface area contributed by atoms with Gasteiger partial charge in [0.1, 0.15) is 0 Å². The van der Waals surface area contributed by atoms with Gasteiger partial charge in [0.2, 0.25) is 0 Å². The summed E-state index contributed by atoms with van der Waals surface area (Å²) in [5.41, 5.74) is 0.516. The van der Waals surface area contributed by atoms with Gasteiger partial charge in [0, 0.05) is 18.7 Å². The second kappa shape index (κ2) is 5.10. The number of likely N-dealkylation sites (N-methyl/N-ethyl adjacent to an activating group) is 1. The zero-order valence-electron chi connectivity index (χ0n) is 8.81. The summed E-state index contributed by atoms with van der Waals surface area (Å²) in [6.45, 7) is 1.63. The normalized spacial score (nSPS) is 14.5. The number of carbonyl (C=O) groups is 2. The van der Waals surface area contributed by atoms with E-state index in [4.69, 9.17) is 0 Å². The maximum atomic E-state index is 10.8. The molecule has 15 heavy (non-hydrogen) atoms. The van der Waals surface area contributed by atoms with Gasteiger partial charge in [-0.3, -0.25) is 14.5 Å². The Kier molecular flexibility index (Phi) is 3.80. The number of amides is 2. The number of benzene rings is 1. The molecule has 0 aromatic heterocycles. The van der Waals surface area contributed by atoms with E-state index < -0.39 is 0 Å². The van der Waals surface area contributed by atoms with Crippen molar-refractivity contribution in [1.82, 2.24) is 4.90 Å². The molecule has 0 aliphatic carbocycles. The second-order valence-electron chi connectivity index (χ2n) is 3.18. The fourth-order valence-corrected chi connectivity index (χ4v) is 1.09. The van der Waals surface area contributed by atoms with Crippen LogP contribution in [0.2, 0.25) is 0 Å². The summed E-state index contributed by atoms with van der Waals surface area (Å²) in [6.07, 6.45) is 1.34. The van der Waals surface area contributed by atoms with Gasteiger partial charge in [-0.1, -0.05) is 36.4 Å². The Morgan fingerprint density at radius 2 is 1.33 bits per heavy atom. The minimum atomic E-state index is -0.225. The third-order valence-electron chi connectivity index (χ3n) is 1.98. The van der Waals surface area contributed by atoms with Crippen LogP contribution in [-0.4, -0.2) is 23.8 Å². The predicted molar refractivity (Wildman–Crippen MR) is 58.0 cm³/mol. The first-order valence-electron chi connectivity index (χ1n) is 4.63. The van der Waals surface area contributed by atoms with Crippen molar-refractivity contribution in [2.45, 2.75) is 6.92 Å². The molecule has 0 bridgehead atoms. The number of imide groups is 1. The highest BCUT2D eigenvalue weighted by molar-refractivity contribution is 6.15. The highest BCUT2D eigenvalue weighted by Crippen LogP contribution is 2.07. The van der Waals surface area contributed by atoms with Crippen LogP contribution in [0.15, 0.2) is 48.0 Å². The second-order valence-corrected chi connectivity index (χ2v) is 3.18. The maximum Gasteiger partial charge on any atom is 0.256 e. The van der Waals surface area contributed by atoms with Crippen LogP contribution in [0.5, 0.6) is 0 Å². The Morgan fingerprint density at radius 3 is 1.47 bits per heavy atom. The van der Waals surface area contributed by atoms with Gasteiger partial charge < -0.3 is 0 Å². The SMILES string of the molecule is CC1=CC(=O)N(C)C1=O.c1ccccc1. The van der Waals surface area contributed by atoms with Crippen molar-refractivity contribution in [1.29, 1.82) is 0 Å². The largest absolute Gasteiger partial charge is 0.278 e. The van der Waals surface area contributed by atoms with Crippen molar-refractivity contribution < 1.29 is 9.59 Å². The number of rotatable bonds is 0. The summed E-state index contributed by atoms with van der Waals surface area (Å²) < 4.78 is 0. The number of carbonyl (C=O) groups excluding carboxylic acids is 2. The Morgan fingerprint density at radius 1 is 0.933 bits per heavy atom. The molecule has 0 saturated heterocycles. The zero-order chi connectivity index (χ0) is 11.3. The van der Waals surface area contributed by atoms with Crippen molar-refractivity contribution >= 4 is 11.8 Å². The summed E-state index contributed by atoms with van der Waals surface area (Å²) >= 11 is 0. The molecular formula is C12H13NO2. The van der Waals surface area contributed by atoms with Gasteiger partial charge >= 0.3 is 0 Å². The molecule has 3 nitrogen and oxygen atoms in total. The van der Waals surface area contributed by atoms with Crippen LogP contribution in [0, 0.1) is 0 Å². The van der Waals surface area contributed by atoms with Crippen LogP contribution < -0.4 is 0 Å². The van der Waals surface area contributed by atoms with Crippen LogP contribution in [-0.2, 0) is 9.59 Å². The highest BCUT2D eigenvalue weighted by atomic mass is 16.2. The van der Waals surface area contributed by atoms with E-state index in [0.717, 1.165) is 4.90 Å². The van der Waals surface area contributed by atoms with E-state index in [1.807, 2.05) is 36.4 Å². The van der Waals surface area contributed by atoms with Crippen molar-refractivity contribution in [3.05, 3.63) is 48.0 Å². The van der Waals surface area contributed by atoms with E-state index in [1.165, 1.54) is 13.1 Å². The molecule has 1 aliphatic rings. The molecule has 0 unspecified atom stereocenters. The molecule has 0 radical (unpaired) electrons. The zero-order valence-corrected chi connectivity index (χ0v) is 8.81. The molecule has 3 heteroatoms. The molecule has 0 atom stereocenters. The molecule has 0 N–H and O–H groups in total. The van der Waals surface area contributed by atoms with E-state index in [9.17, 15) is 9.59 Å². The van der Waals surface area contributed by atoms with Crippen LogP contribution >= 0.6 is 0 Å². The van der Waals surface area contributed by atoms with Crippen molar-refractivity contribution in [2.75, 3.05) is 7.05 Å². The molecule has 2 rings (SSSR count). The molecule has 2 amide bonds. The summed E-state index contributed by atoms with van der Waals surface area (Å²) in [5, 5.41) is 0. The van der Waals surface area contributed by atoms with Crippen LogP contribution in [0.4, 0.5) is 0 Å². The third kappa shape index (κ3) is 3.06. The minimum absolute atomic E-state index is 0.194. The van der Waals surface area contributed by atoms with Crippen LogP contribution in [0.25, 0.3) is 0 Å². The average Bonchev–Trinajstić information content (AvgIpc) is 2.49. The maximum absolute atomic E-state index is 10.8. The van der Waals surface area contributed by atoms with Gasteiger partial charge in [-0.05, 0) is 6.92 Å². The Hall–Kier alpha value is -1.90. The Bertz CT molecular complexity index is 355. The first-order valence-corrected chi connectivity index (χ1v) is 4.63. The number of hydrogen-bond acceptors (Lipinski definition) is 2. The Labute approximate surface area is 89.0 Å². The van der Waals surface area contributed by atoms with Crippen molar-refractivity contribution in [3.8, 4) is 0 Å². The smallest absolute Gasteiger partial charge is 0.256 e. The van der Waals surface area contributed by atoms with Gasteiger partial charge in [-0.15, -0.1) is 0 Å². The molecule has 0 spiro atoms. The molecule has 1 aromatic rings. The topological polar surface area (TPSA) is 37.4 Å². The molecule has 1 heterocycles. The average molecular weight is 203 g/mol. The Balaban J connectivity index is 0.000000162. The lowest BCUT2D eigenvalue weighted by Gasteiger charge is -2.03. The lowest BCUT2D eigenvalue weighted by atomic mass is 10.3. The number of nitrogens with zero attached hydrogens (tertiary/aromatic N) is 1. The third-order valence-corrected chi connectivity index (χ3v) is 1.98. The van der Waals surface area contributed by atoms with Gasteiger partial charge in [0.05, 0.1) is 0 Å². The first kappa shape index (κ1) is 11.2. The van der Waals surface area contributed by atoms with E-state index >= 15 is 0 Å². The standard InChI is InChI=1S/C6H7NO2.C6H6/c1-4-3-5(8)7(2)6(4)9;1-2-4-6-5-3-1/h3H,1-2H3;1-6H. The summed E-state index contributed by atoms with van der Waals surface area (Å²) in [6, 6.07) is 12.0. The molecule has 78 valence electrons. The van der Waals surface area contributed by atoms with Crippen molar-refractivity contribution in [3.63, 3.8) is 0 Å². The monoisotopic (exact) mass is 203 g/mol. The van der Waals surface area contributed by atoms with Crippen LogP contribution in [0.3, 0.4) is 0 Å². The van der Waals surface area contributed by atoms with E-state index in [2.05, 4.69) is 0 Å². The quantitative estimate of drug-likeness (QED) is 0.601. The van der Waals surface area contributed by atoms with Gasteiger partial charge in [0.25, 0.3) is 11.8 Å². The molecular weight excluding hydrogens is 190 g/mol. The summed E-state index contributed by atoms with van der Waals surface area (Å²) in [4.78, 5) is 22.5. The van der Waals surface area contributed by atoms with Crippen molar-refractivity contribution in [2.24, 2.45) is 0 Å². The lowest BCUT2D eigenvalue weighted by Crippen LogP contribution is -2.25. The fraction of sp³-hybridized carbons (Fsp3) is 0.167. The molecule has 1 aliphatic heterocycles. The van der Waals surface area contributed by atoms with Gasteiger partial charge in [-0.25, -0.2) is 0 Å². The molecule has 1 aromatic carbocycles. The fourth-order valence-electron chi connectivity index (χ4n) is 1.09. The minimum Gasteiger partial charge on any atom is -0.278 e.